The minimum atomic E-state index is -4.42. The minimum absolute atomic E-state index is 0.262. The van der Waals surface area contributed by atoms with Crippen LogP contribution in [0.5, 0.6) is 0 Å². The monoisotopic (exact) mass is 522 g/mol. The number of halogens is 3. The molecule has 2 amide bonds. The van der Waals surface area contributed by atoms with Gasteiger partial charge < -0.3 is 10.4 Å². The summed E-state index contributed by atoms with van der Waals surface area (Å²) in [6, 6.07) is 18.6. The predicted octanol–water partition coefficient (Wildman–Crippen LogP) is 7.72. The quantitative estimate of drug-likeness (QED) is 0.361. The smallest absolute Gasteiger partial charge is 0.416 e. The number of carboxylic acid groups (broad SMARTS) is 1. The first-order valence-corrected chi connectivity index (χ1v) is 12.9. The summed E-state index contributed by atoms with van der Waals surface area (Å²) in [4.78, 5) is 25.4. The Hall–Kier alpha value is -3.81. The third kappa shape index (κ3) is 5.69. The van der Waals surface area contributed by atoms with E-state index in [4.69, 9.17) is 5.11 Å². The molecular formula is C30H29F3N2O3. The van der Waals surface area contributed by atoms with Gasteiger partial charge in [-0.1, -0.05) is 30.3 Å². The Kier molecular flexibility index (Phi) is 7.15. The third-order valence-electron chi connectivity index (χ3n) is 7.71. The molecule has 0 atom stereocenters. The molecule has 198 valence electrons. The molecule has 0 radical (unpaired) electrons. The van der Waals surface area contributed by atoms with Gasteiger partial charge >= 0.3 is 18.2 Å². The van der Waals surface area contributed by atoms with E-state index in [1.165, 1.54) is 17.7 Å². The van der Waals surface area contributed by atoms with Gasteiger partial charge in [0.25, 0.3) is 0 Å². The number of alkyl halides is 3. The maximum absolute atomic E-state index is 12.8. The molecule has 1 heterocycles. The summed E-state index contributed by atoms with van der Waals surface area (Å²) in [7, 11) is 0. The minimum Gasteiger partial charge on any atom is -0.481 e. The van der Waals surface area contributed by atoms with E-state index in [0.29, 0.717) is 24.6 Å². The van der Waals surface area contributed by atoms with Gasteiger partial charge in [0.1, 0.15) is 0 Å². The van der Waals surface area contributed by atoms with Crippen LogP contribution in [0.2, 0.25) is 0 Å². The average Bonchev–Trinajstić information content (AvgIpc) is 3.32. The molecule has 5 rings (SSSR count). The molecule has 5 nitrogen and oxygen atoms in total. The number of carboxylic acids is 1. The van der Waals surface area contributed by atoms with Crippen LogP contribution in [0.25, 0.3) is 11.1 Å². The molecule has 1 saturated carbocycles. The van der Waals surface area contributed by atoms with Crippen LogP contribution in [0.3, 0.4) is 0 Å². The first-order valence-electron chi connectivity index (χ1n) is 12.9. The Morgan fingerprint density at radius 3 is 2.18 bits per heavy atom. The number of hydrogen-bond acceptors (Lipinski definition) is 2. The predicted molar refractivity (Wildman–Crippen MR) is 140 cm³/mol. The zero-order chi connectivity index (χ0) is 26.9. The highest BCUT2D eigenvalue weighted by molar-refractivity contribution is 6.03. The number of hydrogen-bond donors (Lipinski definition) is 2. The van der Waals surface area contributed by atoms with E-state index in [0.717, 1.165) is 60.2 Å². The standard InChI is InChI=1S/C30H29F3N2O3/c31-30(32,33)25-10-12-26(13-11-25)34-29(38)35-16-15-24-18-23(9-14-27(24)35)22-7-5-21(6-8-22)20-3-1-19(2-4-20)17-28(36)37/h5-14,18-20H,1-4,15-17H2,(H,34,38)(H,36,37)/t19-,20-. The van der Waals surface area contributed by atoms with Gasteiger partial charge in [0.2, 0.25) is 0 Å². The van der Waals surface area contributed by atoms with Gasteiger partial charge in [-0.2, -0.15) is 13.2 Å². The van der Waals surface area contributed by atoms with Crippen molar-refractivity contribution in [2.45, 2.75) is 50.6 Å². The number of urea groups is 1. The number of anilines is 2. The van der Waals surface area contributed by atoms with Gasteiger partial charge in [0, 0.05) is 24.3 Å². The van der Waals surface area contributed by atoms with E-state index in [-0.39, 0.29) is 18.4 Å². The molecule has 38 heavy (non-hydrogen) atoms. The van der Waals surface area contributed by atoms with Crippen molar-refractivity contribution in [2.24, 2.45) is 5.92 Å². The van der Waals surface area contributed by atoms with E-state index in [2.05, 4.69) is 35.6 Å². The van der Waals surface area contributed by atoms with Crippen molar-refractivity contribution >= 4 is 23.4 Å². The van der Waals surface area contributed by atoms with Crippen LogP contribution in [-0.4, -0.2) is 23.7 Å². The molecule has 2 aliphatic rings. The van der Waals surface area contributed by atoms with Crippen molar-refractivity contribution in [3.05, 3.63) is 83.4 Å². The largest absolute Gasteiger partial charge is 0.481 e. The molecule has 1 aliphatic heterocycles. The van der Waals surface area contributed by atoms with Crippen LogP contribution in [0, 0.1) is 5.92 Å². The Bertz CT molecular complexity index is 1310. The summed E-state index contributed by atoms with van der Waals surface area (Å²) in [6.45, 7) is 0.495. The molecule has 0 aromatic heterocycles. The van der Waals surface area contributed by atoms with E-state index >= 15 is 0 Å². The number of fused-ring (bicyclic) bond motifs is 1. The maximum atomic E-state index is 12.8. The first kappa shape index (κ1) is 25.8. The van der Waals surface area contributed by atoms with Crippen molar-refractivity contribution in [3.8, 4) is 11.1 Å². The van der Waals surface area contributed by atoms with Crippen LogP contribution >= 0.6 is 0 Å². The normalized spacial score (nSPS) is 19.2. The Morgan fingerprint density at radius 1 is 0.895 bits per heavy atom. The molecule has 8 heteroatoms. The Labute approximate surface area is 219 Å². The van der Waals surface area contributed by atoms with Crippen LogP contribution in [-0.2, 0) is 17.4 Å². The fourth-order valence-corrected chi connectivity index (χ4v) is 5.62. The van der Waals surface area contributed by atoms with E-state index in [1.807, 2.05) is 12.1 Å². The van der Waals surface area contributed by atoms with Gasteiger partial charge in [-0.05, 0) is 103 Å². The Balaban J connectivity index is 1.22. The van der Waals surface area contributed by atoms with Crippen LogP contribution < -0.4 is 10.2 Å². The van der Waals surface area contributed by atoms with E-state index < -0.39 is 17.7 Å². The highest BCUT2D eigenvalue weighted by Crippen LogP contribution is 2.38. The van der Waals surface area contributed by atoms with Crippen molar-refractivity contribution < 1.29 is 27.9 Å². The second-order valence-electron chi connectivity index (χ2n) is 10.2. The second kappa shape index (κ2) is 10.5. The summed E-state index contributed by atoms with van der Waals surface area (Å²) in [5.41, 5.74) is 4.83. The zero-order valence-electron chi connectivity index (χ0n) is 20.8. The number of benzene rings is 3. The lowest BCUT2D eigenvalue weighted by Crippen LogP contribution is -2.33. The maximum Gasteiger partial charge on any atom is 0.416 e. The number of amides is 2. The van der Waals surface area contributed by atoms with Gasteiger partial charge in [-0.25, -0.2) is 4.79 Å². The molecule has 0 unspecified atom stereocenters. The molecule has 1 fully saturated rings. The third-order valence-corrected chi connectivity index (χ3v) is 7.71. The molecule has 1 aliphatic carbocycles. The molecule has 3 aromatic carbocycles. The molecule has 0 bridgehead atoms. The topological polar surface area (TPSA) is 69.6 Å². The SMILES string of the molecule is O=C(O)C[C@H]1CC[C@H](c2ccc(-c3ccc4c(c3)CCN4C(=O)Nc3ccc(C(F)(F)F)cc3)cc2)CC1. The van der Waals surface area contributed by atoms with Crippen molar-refractivity contribution in [1.29, 1.82) is 0 Å². The van der Waals surface area contributed by atoms with Gasteiger partial charge in [-0.15, -0.1) is 0 Å². The average molecular weight is 523 g/mol. The number of carbonyl (C=O) groups excluding carboxylic acids is 1. The van der Waals surface area contributed by atoms with Crippen molar-refractivity contribution in [2.75, 3.05) is 16.8 Å². The molecule has 3 aromatic rings. The van der Waals surface area contributed by atoms with Crippen LogP contribution in [0.4, 0.5) is 29.3 Å². The fraction of sp³-hybridized carbons (Fsp3) is 0.333. The molecule has 0 saturated heterocycles. The lowest BCUT2D eigenvalue weighted by molar-refractivity contribution is -0.139. The number of nitrogens with one attached hydrogen (secondary N) is 1. The zero-order valence-corrected chi connectivity index (χ0v) is 20.8. The Morgan fingerprint density at radius 2 is 1.55 bits per heavy atom. The van der Waals surface area contributed by atoms with Crippen LogP contribution in [0.1, 0.15) is 54.7 Å². The molecule has 2 N–H and O–H groups in total. The van der Waals surface area contributed by atoms with E-state index in [1.54, 1.807) is 4.90 Å². The summed E-state index contributed by atoms with van der Waals surface area (Å²) in [5.74, 6) is 0.0342. The van der Waals surface area contributed by atoms with Gasteiger partial charge in [-0.3, -0.25) is 9.69 Å². The highest BCUT2D eigenvalue weighted by atomic mass is 19.4. The van der Waals surface area contributed by atoms with Gasteiger partial charge in [0.15, 0.2) is 0 Å². The van der Waals surface area contributed by atoms with Gasteiger partial charge in [0.05, 0.1) is 5.56 Å². The summed E-state index contributed by atoms with van der Waals surface area (Å²) >= 11 is 0. The summed E-state index contributed by atoms with van der Waals surface area (Å²) in [6.07, 6.45) is 0.469. The molecule has 0 spiro atoms. The molecular weight excluding hydrogens is 493 g/mol. The number of carbonyl (C=O) groups is 2. The number of aliphatic carboxylic acids is 1. The van der Waals surface area contributed by atoms with Crippen molar-refractivity contribution in [3.63, 3.8) is 0 Å². The van der Waals surface area contributed by atoms with E-state index in [9.17, 15) is 22.8 Å². The van der Waals surface area contributed by atoms with Crippen molar-refractivity contribution in [1.82, 2.24) is 0 Å². The first-order chi connectivity index (χ1) is 18.2. The summed E-state index contributed by atoms with van der Waals surface area (Å²) in [5, 5.41) is 11.7. The fourth-order valence-electron chi connectivity index (χ4n) is 5.62. The lowest BCUT2D eigenvalue weighted by Gasteiger charge is -2.28. The van der Waals surface area contributed by atoms with Crippen LogP contribution in [0.15, 0.2) is 66.7 Å². The highest BCUT2D eigenvalue weighted by Gasteiger charge is 2.30. The number of rotatable bonds is 5. The lowest BCUT2D eigenvalue weighted by atomic mass is 9.77. The second-order valence-corrected chi connectivity index (χ2v) is 10.2. The summed E-state index contributed by atoms with van der Waals surface area (Å²) < 4.78 is 38.4. The number of nitrogens with zero attached hydrogens (tertiary/aromatic N) is 1.